The van der Waals surface area contributed by atoms with Crippen molar-refractivity contribution in [3.8, 4) is 5.75 Å². The van der Waals surface area contributed by atoms with Gasteiger partial charge in [0.2, 0.25) is 10.0 Å². The van der Waals surface area contributed by atoms with Crippen LogP contribution in [-0.2, 0) is 10.0 Å². The van der Waals surface area contributed by atoms with Crippen molar-refractivity contribution in [1.29, 1.82) is 0 Å². The lowest BCUT2D eigenvalue weighted by Crippen LogP contribution is -2.24. The van der Waals surface area contributed by atoms with E-state index in [4.69, 9.17) is 9.84 Å². The molecule has 5 nitrogen and oxygen atoms in total. The third kappa shape index (κ3) is 5.59. The van der Waals surface area contributed by atoms with E-state index in [-0.39, 0.29) is 11.5 Å². The van der Waals surface area contributed by atoms with Gasteiger partial charge in [0.05, 0.1) is 11.5 Å². The summed E-state index contributed by atoms with van der Waals surface area (Å²) in [5.74, 6) is 0.668. The van der Waals surface area contributed by atoms with E-state index >= 15 is 0 Å². The molecule has 0 radical (unpaired) electrons. The molecule has 0 aliphatic heterocycles. The van der Waals surface area contributed by atoms with Crippen LogP contribution in [0.25, 0.3) is 0 Å². The van der Waals surface area contributed by atoms with Crippen molar-refractivity contribution < 1.29 is 18.3 Å². The van der Waals surface area contributed by atoms with Crippen LogP contribution in [0.1, 0.15) is 26.2 Å². The van der Waals surface area contributed by atoms with Crippen LogP contribution in [0.4, 0.5) is 0 Å². The second kappa shape index (κ2) is 8.14. The summed E-state index contributed by atoms with van der Waals surface area (Å²) in [6.07, 6.45) is 2.12. The van der Waals surface area contributed by atoms with E-state index in [2.05, 4.69) is 4.72 Å². The average Bonchev–Trinajstić information content (AvgIpc) is 2.42. The second-order valence-corrected chi connectivity index (χ2v) is 5.92. The molecular formula is C13H21NO4S. The maximum absolute atomic E-state index is 11.9. The number of unbranched alkanes of at least 4 members (excludes halogenated alkanes) is 1. The van der Waals surface area contributed by atoms with Crippen LogP contribution in [0.5, 0.6) is 5.75 Å². The summed E-state index contributed by atoms with van der Waals surface area (Å²) in [6.45, 7) is 3.03. The molecule has 0 heterocycles. The molecule has 1 aromatic carbocycles. The van der Waals surface area contributed by atoms with E-state index in [9.17, 15) is 8.42 Å². The van der Waals surface area contributed by atoms with Crippen molar-refractivity contribution in [3.63, 3.8) is 0 Å². The third-order valence-corrected chi connectivity index (χ3v) is 3.96. The summed E-state index contributed by atoms with van der Waals surface area (Å²) in [6, 6.07) is 6.36. The lowest BCUT2D eigenvalue weighted by molar-refractivity contribution is 0.285. The number of hydrogen-bond donors (Lipinski definition) is 2. The van der Waals surface area contributed by atoms with Gasteiger partial charge in [-0.1, -0.05) is 6.92 Å². The number of nitrogens with one attached hydrogen (secondary N) is 1. The van der Waals surface area contributed by atoms with Gasteiger partial charge in [-0.05, 0) is 43.5 Å². The Morgan fingerprint density at radius 3 is 2.47 bits per heavy atom. The zero-order valence-corrected chi connectivity index (χ0v) is 11.9. The quantitative estimate of drug-likeness (QED) is 0.675. The van der Waals surface area contributed by atoms with Gasteiger partial charge in [-0.2, -0.15) is 0 Å². The first-order chi connectivity index (χ1) is 9.10. The van der Waals surface area contributed by atoms with E-state index in [1.807, 2.05) is 6.92 Å². The van der Waals surface area contributed by atoms with E-state index in [0.29, 0.717) is 31.7 Å². The van der Waals surface area contributed by atoms with Crippen molar-refractivity contribution in [2.24, 2.45) is 0 Å². The number of aliphatic hydroxyl groups excluding tert-OH is 1. The predicted molar refractivity (Wildman–Crippen MR) is 73.7 cm³/mol. The van der Waals surface area contributed by atoms with E-state index in [0.717, 1.165) is 6.42 Å². The van der Waals surface area contributed by atoms with Crippen LogP contribution in [0.15, 0.2) is 29.2 Å². The highest BCUT2D eigenvalue weighted by molar-refractivity contribution is 7.89. The Morgan fingerprint density at radius 1 is 1.21 bits per heavy atom. The highest BCUT2D eigenvalue weighted by Gasteiger charge is 2.12. The molecule has 0 bridgehead atoms. The van der Waals surface area contributed by atoms with Crippen molar-refractivity contribution in [1.82, 2.24) is 4.72 Å². The zero-order chi connectivity index (χ0) is 14.1. The molecule has 0 aliphatic carbocycles. The summed E-state index contributed by atoms with van der Waals surface area (Å²) in [5.41, 5.74) is 0. The highest BCUT2D eigenvalue weighted by atomic mass is 32.2. The molecule has 0 saturated heterocycles. The number of benzene rings is 1. The molecule has 0 unspecified atom stereocenters. The second-order valence-electron chi connectivity index (χ2n) is 4.15. The van der Waals surface area contributed by atoms with E-state index in [1.54, 1.807) is 12.1 Å². The van der Waals surface area contributed by atoms with Gasteiger partial charge in [-0.25, -0.2) is 13.1 Å². The van der Waals surface area contributed by atoms with Crippen LogP contribution >= 0.6 is 0 Å². The van der Waals surface area contributed by atoms with Gasteiger partial charge in [-0.15, -0.1) is 0 Å². The maximum atomic E-state index is 11.9. The first-order valence-electron chi connectivity index (χ1n) is 6.43. The molecule has 19 heavy (non-hydrogen) atoms. The Labute approximate surface area is 114 Å². The van der Waals surface area contributed by atoms with Crippen LogP contribution in [-0.4, -0.2) is 33.3 Å². The number of hydrogen-bond acceptors (Lipinski definition) is 4. The minimum atomic E-state index is -3.47. The van der Waals surface area contributed by atoms with Gasteiger partial charge < -0.3 is 9.84 Å². The fourth-order valence-electron chi connectivity index (χ4n) is 1.46. The maximum Gasteiger partial charge on any atom is 0.240 e. The molecule has 1 aromatic rings. The van der Waals surface area contributed by atoms with Crippen molar-refractivity contribution in [2.75, 3.05) is 19.8 Å². The van der Waals surface area contributed by atoms with Gasteiger partial charge in [0, 0.05) is 13.2 Å². The smallest absolute Gasteiger partial charge is 0.240 e. The molecule has 108 valence electrons. The normalized spacial score (nSPS) is 11.5. The fourth-order valence-corrected chi connectivity index (χ4v) is 2.54. The summed E-state index contributed by atoms with van der Waals surface area (Å²) in [5, 5.41) is 8.62. The summed E-state index contributed by atoms with van der Waals surface area (Å²) >= 11 is 0. The van der Waals surface area contributed by atoms with E-state index < -0.39 is 10.0 Å². The molecule has 0 aromatic heterocycles. The molecule has 0 atom stereocenters. The standard InChI is InChI=1S/C13H21NO4S/c1-2-11-18-12-5-7-13(8-6-12)19(16,17)14-9-3-4-10-15/h5-8,14-15H,2-4,9-11H2,1H3. The molecule has 0 amide bonds. The van der Waals surface area contributed by atoms with Crippen LogP contribution in [0, 0.1) is 0 Å². The number of sulfonamides is 1. The largest absolute Gasteiger partial charge is 0.494 e. The summed E-state index contributed by atoms with van der Waals surface area (Å²) in [4.78, 5) is 0.223. The first-order valence-corrected chi connectivity index (χ1v) is 7.92. The summed E-state index contributed by atoms with van der Waals surface area (Å²) in [7, 11) is -3.47. The molecular weight excluding hydrogens is 266 g/mol. The number of aliphatic hydroxyl groups is 1. The third-order valence-electron chi connectivity index (χ3n) is 2.48. The van der Waals surface area contributed by atoms with Gasteiger partial charge >= 0.3 is 0 Å². The number of ether oxygens (including phenoxy) is 1. The van der Waals surface area contributed by atoms with Gasteiger partial charge in [-0.3, -0.25) is 0 Å². The number of rotatable bonds is 9. The SMILES string of the molecule is CCCOc1ccc(S(=O)(=O)NCCCCO)cc1. The topological polar surface area (TPSA) is 75.6 Å². The monoisotopic (exact) mass is 287 g/mol. The van der Waals surface area contributed by atoms with E-state index in [1.165, 1.54) is 12.1 Å². The predicted octanol–water partition coefficient (Wildman–Crippen LogP) is 1.53. The van der Waals surface area contributed by atoms with Gasteiger partial charge in [0.15, 0.2) is 0 Å². The Morgan fingerprint density at radius 2 is 1.89 bits per heavy atom. The van der Waals surface area contributed by atoms with Crippen molar-refractivity contribution >= 4 is 10.0 Å². The van der Waals surface area contributed by atoms with Gasteiger partial charge in [0.25, 0.3) is 0 Å². The zero-order valence-electron chi connectivity index (χ0n) is 11.1. The highest BCUT2D eigenvalue weighted by Crippen LogP contribution is 2.16. The van der Waals surface area contributed by atoms with Crippen LogP contribution in [0.2, 0.25) is 0 Å². The van der Waals surface area contributed by atoms with Crippen LogP contribution in [0.3, 0.4) is 0 Å². The average molecular weight is 287 g/mol. The van der Waals surface area contributed by atoms with Gasteiger partial charge in [0.1, 0.15) is 5.75 Å². The minimum Gasteiger partial charge on any atom is -0.494 e. The van der Waals surface area contributed by atoms with Crippen molar-refractivity contribution in [3.05, 3.63) is 24.3 Å². The minimum absolute atomic E-state index is 0.0746. The lowest BCUT2D eigenvalue weighted by Gasteiger charge is -2.08. The lowest BCUT2D eigenvalue weighted by atomic mass is 10.3. The molecule has 1 rings (SSSR count). The summed E-state index contributed by atoms with van der Waals surface area (Å²) < 4.78 is 31.7. The molecule has 2 N–H and O–H groups in total. The Hall–Kier alpha value is -1.11. The molecule has 0 spiro atoms. The van der Waals surface area contributed by atoms with Crippen molar-refractivity contribution in [2.45, 2.75) is 31.1 Å². The Balaban J connectivity index is 2.58. The first kappa shape index (κ1) is 15.9. The Kier molecular flexibility index (Phi) is 6.83. The van der Waals surface area contributed by atoms with Crippen LogP contribution < -0.4 is 9.46 Å². The molecule has 6 heteroatoms. The fraction of sp³-hybridized carbons (Fsp3) is 0.538. The molecule has 0 saturated carbocycles. The Bertz CT molecular complexity index is 456. The molecule has 0 aliphatic rings. The molecule has 0 fully saturated rings.